The quantitative estimate of drug-likeness (QED) is 0.503. The highest BCUT2D eigenvalue weighted by molar-refractivity contribution is 6.15. The van der Waals surface area contributed by atoms with Crippen LogP contribution in [0.4, 0.5) is 4.39 Å². The fraction of sp³-hybridized carbons (Fsp3) is 0.385. The molecule has 0 bridgehead atoms. The Balaban J connectivity index is 2.25. The Morgan fingerprint density at radius 2 is 1.66 bits per heavy atom. The molecular weight excluding hydrogens is 403 g/mol. The fourth-order valence-corrected chi connectivity index (χ4v) is 3.92. The number of hydrogen-bond acceptors (Lipinski definition) is 4. The molecule has 1 aromatic heterocycles. The lowest BCUT2D eigenvalue weighted by molar-refractivity contribution is -0.118. The summed E-state index contributed by atoms with van der Waals surface area (Å²) in [6.45, 7) is 11.6. The molecule has 1 aliphatic rings. The molecule has 0 radical (unpaired) electrons. The summed E-state index contributed by atoms with van der Waals surface area (Å²) in [6, 6.07) is 10.4. The lowest BCUT2D eigenvalue weighted by Gasteiger charge is -2.33. The highest BCUT2D eigenvalue weighted by atomic mass is 19.1. The number of carbonyl (C=O) groups is 1. The van der Waals surface area contributed by atoms with Crippen LogP contribution in [0.25, 0.3) is 11.1 Å². The standard InChI is InChI=1S/C26H33FN4O/c1-5-18(2)30-26(32)19(3)24(21-6-8-23(27)9-7-21)25(22-10-12-28-13-11-22)20(4)31-16-14-29-15-17-31/h6-13,18,29H,5,14-17H2,1-4H3,(H,30,32)/b24-19+,25-20+. The van der Waals surface area contributed by atoms with Crippen molar-refractivity contribution in [3.63, 3.8) is 0 Å². The van der Waals surface area contributed by atoms with Gasteiger partial charge in [-0.25, -0.2) is 4.39 Å². The molecule has 1 fully saturated rings. The number of amides is 1. The predicted molar refractivity (Wildman–Crippen MR) is 128 cm³/mol. The van der Waals surface area contributed by atoms with Crippen LogP contribution in [0.5, 0.6) is 0 Å². The van der Waals surface area contributed by atoms with E-state index in [1.165, 1.54) is 12.1 Å². The van der Waals surface area contributed by atoms with Crippen molar-refractivity contribution in [2.75, 3.05) is 26.2 Å². The number of nitrogens with zero attached hydrogens (tertiary/aromatic N) is 2. The third kappa shape index (κ3) is 5.62. The summed E-state index contributed by atoms with van der Waals surface area (Å²) in [7, 11) is 0. The van der Waals surface area contributed by atoms with Gasteiger partial charge in [-0.15, -0.1) is 0 Å². The number of piperazine rings is 1. The molecule has 2 N–H and O–H groups in total. The van der Waals surface area contributed by atoms with Crippen LogP contribution >= 0.6 is 0 Å². The van der Waals surface area contributed by atoms with Crippen LogP contribution in [0, 0.1) is 5.82 Å². The average Bonchev–Trinajstić information content (AvgIpc) is 2.83. The number of allylic oxidation sites excluding steroid dienone is 3. The minimum atomic E-state index is -0.303. The van der Waals surface area contributed by atoms with Gasteiger partial charge < -0.3 is 15.5 Å². The maximum atomic E-state index is 13.8. The summed E-state index contributed by atoms with van der Waals surface area (Å²) in [5, 5.41) is 6.48. The first-order chi connectivity index (χ1) is 15.4. The van der Waals surface area contributed by atoms with Crippen molar-refractivity contribution in [1.29, 1.82) is 0 Å². The summed E-state index contributed by atoms with van der Waals surface area (Å²) in [4.78, 5) is 19.8. The molecule has 1 amide bonds. The lowest BCUT2D eigenvalue weighted by atomic mass is 9.87. The zero-order valence-corrected chi connectivity index (χ0v) is 19.4. The molecule has 5 nitrogen and oxygen atoms in total. The fourth-order valence-electron chi connectivity index (χ4n) is 3.92. The molecule has 0 saturated carbocycles. The third-order valence-electron chi connectivity index (χ3n) is 6.01. The molecule has 0 aliphatic carbocycles. The summed E-state index contributed by atoms with van der Waals surface area (Å²) < 4.78 is 13.8. The number of hydrogen-bond donors (Lipinski definition) is 2. The van der Waals surface area contributed by atoms with Crippen LogP contribution in [0.1, 0.15) is 45.2 Å². The Kier molecular flexibility index (Phi) is 8.17. The van der Waals surface area contributed by atoms with Gasteiger partial charge in [-0.1, -0.05) is 19.1 Å². The van der Waals surface area contributed by atoms with Crippen molar-refractivity contribution in [3.8, 4) is 0 Å². The number of carbonyl (C=O) groups excluding carboxylic acids is 1. The third-order valence-corrected chi connectivity index (χ3v) is 6.01. The van der Waals surface area contributed by atoms with E-state index in [4.69, 9.17) is 0 Å². The van der Waals surface area contributed by atoms with Gasteiger partial charge in [-0.2, -0.15) is 0 Å². The van der Waals surface area contributed by atoms with Crippen LogP contribution in [0.2, 0.25) is 0 Å². The highest BCUT2D eigenvalue weighted by Crippen LogP contribution is 2.37. The Morgan fingerprint density at radius 3 is 2.25 bits per heavy atom. The normalized spacial score (nSPS) is 16.7. The molecule has 0 spiro atoms. The average molecular weight is 437 g/mol. The number of nitrogens with one attached hydrogen (secondary N) is 2. The monoisotopic (exact) mass is 436 g/mol. The van der Waals surface area contributed by atoms with Crippen molar-refractivity contribution in [2.45, 2.75) is 40.2 Å². The van der Waals surface area contributed by atoms with Crippen molar-refractivity contribution in [1.82, 2.24) is 20.5 Å². The molecular formula is C26H33FN4O. The Bertz CT molecular complexity index is 977. The summed E-state index contributed by atoms with van der Waals surface area (Å²) in [5.41, 5.74) is 5.27. The molecule has 1 saturated heterocycles. The molecule has 3 rings (SSSR count). The molecule has 6 heteroatoms. The van der Waals surface area contributed by atoms with E-state index in [9.17, 15) is 9.18 Å². The van der Waals surface area contributed by atoms with Crippen LogP contribution in [-0.4, -0.2) is 48.0 Å². The Hall–Kier alpha value is -2.99. The van der Waals surface area contributed by atoms with Gasteiger partial charge in [0.15, 0.2) is 0 Å². The largest absolute Gasteiger partial charge is 0.372 e. The second-order valence-electron chi connectivity index (χ2n) is 8.22. The van der Waals surface area contributed by atoms with E-state index in [2.05, 4.69) is 27.4 Å². The summed E-state index contributed by atoms with van der Waals surface area (Å²) in [6.07, 6.45) is 4.37. The van der Waals surface area contributed by atoms with Crippen molar-refractivity contribution in [2.24, 2.45) is 0 Å². The molecule has 1 unspecified atom stereocenters. The first-order valence-electron chi connectivity index (χ1n) is 11.3. The van der Waals surface area contributed by atoms with Gasteiger partial charge in [-0.3, -0.25) is 9.78 Å². The smallest absolute Gasteiger partial charge is 0.247 e. The topological polar surface area (TPSA) is 57.3 Å². The van der Waals surface area contributed by atoms with Crippen LogP contribution < -0.4 is 10.6 Å². The maximum absolute atomic E-state index is 13.8. The first-order valence-corrected chi connectivity index (χ1v) is 11.3. The number of benzene rings is 1. The van der Waals surface area contributed by atoms with Gasteiger partial charge in [0.1, 0.15) is 5.82 Å². The van der Waals surface area contributed by atoms with Crippen LogP contribution in [0.3, 0.4) is 0 Å². The Morgan fingerprint density at radius 1 is 1.06 bits per heavy atom. The van der Waals surface area contributed by atoms with E-state index in [1.54, 1.807) is 24.5 Å². The molecule has 32 heavy (non-hydrogen) atoms. The molecule has 1 aliphatic heterocycles. The van der Waals surface area contributed by atoms with Crippen molar-refractivity contribution in [3.05, 3.63) is 77.0 Å². The maximum Gasteiger partial charge on any atom is 0.247 e. The van der Waals surface area contributed by atoms with Crippen molar-refractivity contribution < 1.29 is 9.18 Å². The second kappa shape index (κ2) is 11.0. The molecule has 1 atom stereocenters. The van der Waals surface area contributed by atoms with E-state index >= 15 is 0 Å². The number of halogens is 1. The van der Waals surface area contributed by atoms with E-state index in [0.717, 1.165) is 60.6 Å². The number of aromatic nitrogens is 1. The SMILES string of the molecule is CCC(C)NC(=O)/C(C)=C(/C(=C(\C)N1CCNCC1)c1ccncc1)c1ccc(F)cc1. The van der Waals surface area contributed by atoms with E-state index in [1.807, 2.05) is 32.9 Å². The number of rotatable bonds is 7. The number of pyridine rings is 1. The van der Waals surface area contributed by atoms with E-state index < -0.39 is 0 Å². The van der Waals surface area contributed by atoms with Gasteiger partial charge in [0.25, 0.3) is 0 Å². The molecule has 2 aromatic rings. The van der Waals surface area contributed by atoms with Gasteiger partial charge in [-0.05, 0) is 68.2 Å². The Labute approximate surface area is 190 Å². The molecule has 2 heterocycles. The van der Waals surface area contributed by atoms with Gasteiger partial charge in [0, 0.05) is 61.5 Å². The summed E-state index contributed by atoms with van der Waals surface area (Å²) >= 11 is 0. The van der Waals surface area contributed by atoms with E-state index in [0.29, 0.717) is 5.57 Å². The lowest BCUT2D eigenvalue weighted by Crippen LogP contribution is -2.42. The zero-order valence-electron chi connectivity index (χ0n) is 19.4. The van der Waals surface area contributed by atoms with Crippen LogP contribution in [0.15, 0.2) is 60.1 Å². The predicted octanol–water partition coefficient (Wildman–Crippen LogP) is 4.25. The van der Waals surface area contributed by atoms with Gasteiger partial charge >= 0.3 is 0 Å². The highest BCUT2D eigenvalue weighted by Gasteiger charge is 2.23. The second-order valence-corrected chi connectivity index (χ2v) is 8.22. The van der Waals surface area contributed by atoms with E-state index in [-0.39, 0.29) is 17.8 Å². The minimum Gasteiger partial charge on any atom is -0.372 e. The van der Waals surface area contributed by atoms with Gasteiger partial charge in [0.05, 0.1) is 0 Å². The molecule has 170 valence electrons. The first kappa shape index (κ1) is 23.7. The minimum absolute atomic E-state index is 0.0644. The van der Waals surface area contributed by atoms with Crippen LogP contribution in [-0.2, 0) is 4.79 Å². The zero-order chi connectivity index (χ0) is 23.1. The summed E-state index contributed by atoms with van der Waals surface area (Å²) in [5.74, 6) is -0.415. The van der Waals surface area contributed by atoms with Gasteiger partial charge in [0.2, 0.25) is 5.91 Å². The molecule has 1 aromatic carbocycles. The van der Waals surface area contributed by atoms with Crippen molar-refractivity contribution >= 4 is 17.1 Å².